The number of benzene rings is 2. The summed E-state index contributed by atoms with van der Waals surface area (Å²) in [5.74, 6) is 0. The summed E-state index contributed by atoms with van der Waals surface area (Å²) < 4.78 is 3.29. The lowest BCUT2D eigenvalue weighted by Gasteiger charge is -2.11. The molecule has 0 aliphatic carbocycles. The maximum Gasteiger partial charge on any atom is 0.0597 e. The first kappa shape index (κ1) is 17.8. The predicted molar refractivity (Wildman–Crippen MR) is 109 cm³/mol. The van der Waals surface area contributed by atoms with Crippen molar-refractivity contribution >= 4 is 33.7 Å². The van der Waals surface area contributed by atoms with Gasteiger partial charge < -0.3 is 9.99 Å². The van der Waals surface area contributed by atoms with Gasteiger partial charge in [0.1, 0.15) is 0 Å². The van der Waals surface area contributed by atoms with Crippen molar-refractivity contribution in [3.05, 3.63) is 86.6 Å². The fraction of sp³-hybridized carbons (Fsp3) is 0.150. The number of nitrogens with zero attached hydrogens (tertiary/aromatic N) is 2. The molecular formula is C20H19BrClN3. The number of halogens is 2. The molecule has 0 aliphatic rings. The summed E-state index contributed by atoms with van der Waals surface area (Å²) >= 11 is 9.78. The molecule has 128 valence electrons. The molecule has 0 radical (unpaired) electrons. The van der Waals surface area contributed by atoms with Gasteiger partial charge in [-0.15, -0.1) is 0 Å². The van der Waals surface area contributed by atoms with Gasteiger partial charge in [0.15, 0.2) is 0 Å². The van der Waals surface area contributed by atoms with E-state index in [4.69, 9.17) is 11.6 Å². The van der Waals surface area contributed by atoms with Crippen LogP contribution in [0, 0.1) is 13.8 Å². The minimum Gasteiger partial charge on any atom is -0.317 e. The van der Waals surface area contributed by atoms with Crippen molar-refractivity contribution in [2.75, 3.05) is 0 Å². The zero-order valence-electron chi connectivity index (χ0n) is 14.1. The predicted octanol–water partition coefficient (Wildman–Crippen LogP) is 5.63. The van der Waals surface area contributed by atoms with E-state index >= 15 is 0 Å². The van der Waals surface area contributed by atoms with Gasteiger partial charge in [0.05, 0.1) is 18.4 Å². The summed E-state index contributed by atoms with van der Waals surface area (Å²) in [5, 5.41) is 5.10. The molecular weight excluding hydrogens is 398 g/mol. The average Bonchev–Trinajstić information content (AvgIpc) is 2.88. The van der Waals surface area contributed by atoms with Crippen LogP contribution < -0.4 is 5.43 Å². The highest BCUT2D eigenvalue weighted by atomic mass is 79.9. The van der Waals surface area contributed by atoms with Crippen LogP contribution >= 0.6 is 27.5 Å². The Morgan fingerprint density at radius 3 is 2.60 bits per heavy atom. The molecule has 0 unspecified atom stereocenters. The Labute approximate surface area is 161 Å². The fourth-order valence-corrected chi connectivity index (χ4v) is 3.47. The Kier molecular flexibility index (Phi) is 5.61. The maximum absolute atomic E-state index is 6.15. The zero-order valence-corrected chi connectivity index (χ0v) is 16.5. The number of hydrogen-bond donors (Lipinski definition) is 1. The van der Waals surface area contributed by atoms with Gasteiger partial charge in [-0.1, -0.05) is 41.9 Å². The van der Waals surface area contributed by atoms with Crippen LogP contribution in [0.2, 0.25) is 5.02 Å². The summed E-state index contributed by atoms with van der Waals surface area (Å²) in [4.78, 5) is 0. The summed E-state index contributed by atoms with van der Waals surface area (Å²) in [6.07, 6.45) is 1.85. The molecule has 0 bridgehead atoms. The van der Waals surface area contributed by atoms with E-state index in [0.29, 0.717) is 6.54 Å². The molecule has 0 saturated heterocycles. The molecule has 25 heavy (non-hydrogen) atoms. The molecule has 1 N–H and O–H groups in total. The van der Waals surface area contributed by atoms with Gasteiger partial charge in [-0.25, -0.2) is 0 Å². The second-order valence-electron chi connectivity index (χ2n) is 5.80. The minimum absolute atomic E-state index is 0.596. The molecule has 0 amide bonds. The van der Waals surface area contributed by atoms with Crippen molar-refractivity contribution in [1.29, 1.82) is 0 Å². The average molecular weight is 417 g/mol. The lowest BCUT2D eigenvalue weighted by molar-refractivity contribution is 0.748. The standard InChI is InChI=1S/C20H19BrClN3/c1-14-11-17(13-24-23-12-16-7-3-5-9-19(16)22)15(2)25(14)20-10-6-4-8-18(20)21/h3-11,13,23H,12H2,1-2H3/b24-13-. The van der Waals surface area contributed by atoms with Crippen molar-refractivity contribution in [2.45, 2.75) is 20.4 Å². The van der Waals surface area contributed by atoms with E-state index in [1.807, 2.05) is 48.7 Å². The van der Waals surface area contributed by atoms with E-state index in [1.165, 1.54) is 0 Å². The molecule has 0 atom stereocenters. The highest BCUT2D eigenvalue weighted by Gasteiger charge is 2.11. The highest BCUT2D eigenvalue weighted by Crippen LogP contribution is 2.26. The van der Waals surface area contributed by atoms with Crippen molar-refractivity contribution in [3.8, 4) is 5.69 Å². The highest BCUT2D eigenvalue weighted by molar-refractivity contribution is 9.10. The van der Waals surface area contributed by atoms with E-state index in [1.54, 1.807) is 0 Å². The van der Waals surface area contributed by atoms with E-state index < -0.39 is 0 Å². The zero-order chi connectivity index (χ0) is 17.8. The Morgan fingerprint density at radius 2 is 1.84 bits per heavy atom. The van der Waals surface area contributed by atoms with Gasteiger partial charge in [0.2, 0.25) is 0 Å². The monoisotopic (exact) mass is 415 g/mol. The number of aromatic nitrogens is 1. The summed E-state index contributed by atoms with van der Waals surface area (Å²) in [5.41, 5.74) is 8.61. The second-order valence-corrected chi connectivity index (χ2v) is 7.06. The third kappa shape index (κ3) is 3.97. The first-order valence-electron chi connectivity index (χ1n) is 8.01. The smallest absolute Gasteiger partial charge is 0.0597 e. The Bertz CT molecular complexity index is 915. The number of nitrogens with one attached hydrogen (secondary N) is 1. The van der Waals surface area contributed by atoms with Crippen LogP contribution in [0.3, 0.4) is 0 Å². The largest absolute Gasteiger partial charge is 0.317 e. The van der Waals surface area contributed by atoms with Crippen molar-refractivity contribution in [3.63, 3.8) is 0 Å². The third-order valence-electron chi connectivity index (χ3n) is 4.09. The van der Waals surface area contributed by atoms with Gasteiger partial charge in [-0.3, -0.25) is 0 Å². The Hall–Kier alpha value is -2.04. The van der Waals surface area contributed by atoms with Crippen LogP contribution in [0.25, 0.3) is 5.69 Å². The van der Waals surface area contributed by atoms with Crippen LogP contribution in [-0.4, -0.2) is 10.8 Å². The lowest BCUT2D eigenvalue weighted by Crippen LogP contribution is -2.06. The van der Waals surface area contributed by atoms with Crippen molar-refractivity contribution in [2.24, 2.45) is 5.10 Å². The van der Waals surface area contributed by atoms with Gasteiger partial charge in [0, 0.05) is 26.4 Å². The molecule has 0 spiro atoms. The SMILES string of the molecule is Cc1cc(/C=N\NCc2ccccc2Cl)c(C)n1-c1ccccc1Br. The number of hydrazone groups is 1. The van der Waals surface area contributed by atoms with E-state index in [0.717, 1.165) is 37.7 Å². The van der Waals surface area contributed by atoms with Crippen LogP contribution in [0.1, 0.15) is 22.5 Å². The third-order valence-corrected chi connectivity index (χ3v) is 5.13. The van der Waals surface area contributed by atoms with E-state index in [-0.39, 0.29) is 0 Å². The first-order chi connectivity index (χ1) is 12.1. The van der Waals surface area contributed by atoms with Gasteiger partial charge in [-0.05, 0) is 59.6 Å². The molecule has 0 fully saturated rings. The summed E-state index contributed by atoms with van der Waals surface area (Å²) in [6, 6.07) is 18.1. The number of hydrogen-bond acceptors (Lipinski definition) is 2. The van der Waals surface area contributed by atoms with Gasteiger partial charge in [-0.2, -0.15) is 5.10 Å². The lowest BCUT2D eigenvalue weighted by atomic mass is 10.2. The number of para-hydroxylation sites is 1. The quantitative estimate of drug-likeness (QED) is 0.423. The molecule has 3 nitrogen and oxygen atoms in total. The number of rotatable bonds is 5. The van der Waals surface area contributed by atoms with E-state index in [2.05, 4.69) is 57.0 Å². The Balaban J connectivity index is 1.77. The van der Waals surface area contributed by atoms with Crippen LogP contribution in [0.15, 0.2) is 64.2 Å². The summed E-state index contributed by atoms with van der Waals surface area (Å²) in [7, 11) is 0. The molecule has 5 heteroatoms. The Morgan fingerprint density at radius 1 is 1.12 bits per heavy atom. The maximum atomic E-state index is 6.15. The first-order valence-corrected chi connectivity index (χ1v) is 9.18. The molecule has 1 aromatic heterocycles. The minimum atomic E-state index is 0.596. The van der Waals surface area contributed by atoms with Crippen LogP contribution in [0.5, 0.6) is 0 Å². The molecule has 3 rings (SSSR count). The number of aryl methyl sites for hydroxylation is 1. The van der Waals surface area contributed by atoms with Crippen LogP contribution in [-0.2, 0) is 6.54 Å². The van der Waals surface area contributed by atoms with Gasteiger partial charge in [0.25, 0.3) is 0 Å². The van der Waals surface area contributed by atoms with Gasteiger partial charge >= 0.3 is 0 Å². The fourth-order valence-electron chi connectivity index (χ4n) is 2.81. The van der Waals surface area contributed by atoms with E-state index in [9.17, 15) is 0 Å². The van der Waals surface area contributed by atoms with Crippen molar-refractivity contribution in [1.82, 2.24) is 9.99 Å². The second kappa shape index (κ2) is 7.89. The molecule has 3 aromatic rings. The molecule has 0 saturated carbocycles. The van der Waals surface area contributed by atoms with Crippen molar-refractivity contribution < 1.29 is 0 Å². The van der Waals surface area contributed by atoms with Crippen LogP contribution in [0.4, 0.5) is 0 Å². The topological polar surface area (TPSA) is 29.3 Å². The molecule has 0 aliphatic heterocycles. The molecule has 2 aromatic carbocycles. The molecule has 1 heterocycles. The normalized spacial score (nSPS) is 11.2. The summed E-state index contributed by atoms with van der Waals surface area (Å²) in [6.45, 7) is 4.79.